The Morgan fingerprint density at radius 2 is 1.87 bits per heavy atom. The van der Waals surface area contributed by atoms with Gasteiger partial charge in [-0.2, -0.15) is 0 Å². The van der Waals surface area contributed by atoms with Crippen LogP contribution in [0.4, 0.5) is 10.1 Å². The standard InChI is InChI=1S/C10H10FNO.C2H4/c1-2-3-10(13)12-9-6-4-8(11)5-7-9;1-2/h2-7H,1H3,(H,12,13);1-2H2/b3-2+;. The monoisotopic (exact) mass is 207 g/mol. The number of allylic oxidation sites excluding steroid dienone is 1. The number of amides is 1. The average Bonchev–Trinajstić information content (AvgIpc) is 2.25. The van der Waals surface area contributed by atoms with Gasteiger partial charge in [0, 0.05) is 5.69 Å². The molecule has 0 radical (unpaired) electrons. The SMILES string of the molecule is C/C=C/C(=O)Nc1ccc(F)cc1.C=C. The second-order valence-corrected chi connectivity index (χ2v) is 2.50. The molecule has 0 aliphatic rings. The molecule has 1 amide bonds. The first kappa shape index (κ1) is 13.1. The van der Waals surface area contributed by atoms with Crippen LogP contribution in [-0.4, -0.2) is 5.91 Å². The molecule has 0 aliphatic heterocycles. The molecule has 0 spiro atoms. The molecular weight excluding hydrogens is 193 g/mol. The van der Waals surface area contributed by atoms with Crippen molar-refractivity contribution in [3.8, 4) is 0 Å². The fourth-order valence-electron chi connectivity index (χ4n) is 0.869. The van der Waals surface area contributed by atoms with E-state index >= 15 is 0 Å². The van der Waals surface area contributed by atoms with Crippen molar-refractivity contribution >= 4 is 11.6 Å². The molecule has 0 atom stereocenters. The van der Waals surface area contributed by atoms with Crippen molar-refractivity contribution < 1.29 is 9.18 Å². The van der Waals surface area contributed by atoms with Crippen LogP contribution in [0.15, 0.2) is 49.6 Å². The van der Waals surface area contributed by atoms with E-state index in [2.05, 4.69) is 18.5 Å². The molecule has 0 aromatic heterocycles. The van der Waals surface area contributed by atoms with E-state index in [4.69, 9.17) is 0 Å². The highest BCUT2D eigenvalue weighted by Gasteiger charge is 1.96. The largest absolute Gasteiger partial charge is 0.323 e. The summed E-state index contributed by atoms with van der Waals surface area (Å²) >= 11 is 0. The van der Waals surface area contributed by atoms with Gasteiger partial charge in [0.25, 0.3) is 0 Å². The van der Waals surface area contributed by atoms with Crippen LogP contribution in [0.1, 0.15) is 6.92 Å². The molecule has 0 unspecified atom stereocenters. The van der Waals surface area contributed by atoms with Crippen LogP contribution in [0.3, 0.4) is 0 Å². The van der Waals surface area contributed by atoms with Gasteiger partial charge in [-0.05, 0) is 37.3 Å². The van der Waals surface area contributed by atoms with Crippen LogP contribution in [0.2, 0.25) is 0 Å². The average molecular weight is 207 g/mol. The summed E-state index contributed by atoms with van der Waals surface area (Å²) in [6, 6.07) is 5.62. The number of halogens is 1. The minimum Gasteiger partial charge on any atom is -0.323 e. The van der Waals surface area contributed by atoms with Crippen LogP contribution >= 0.6 is 0 Å². The topological polar surface area (TPSA) is 29.1 Å². The summed E-state index contributed by atoms with van der Waals surface area (Å²) in [6.45, 7) is 7.75. The van der Waals surface area contributed by atoms with Gasteiger partial charge in [0.05, 0.1) is 0 Å². The summed E-state index contributed by atoms with van der Waals surface area (Å²) < 4.78 is 12.4. The highest BCUT2D eigenvalue weighted by Crippen LogP contribution is 2.07. The second-order valence-electron chi connectivity index (χ2n) is 2.50. The predicted octanol–water partition coefficient (Wildman–Crippen LogP) is 3.14. The molecule has 0 fully saturated rings. The van der Waals surface area contributed by atoms with Crippen molar-refractivity contribution in [1.29, 1.82) is 0 Å². The number of anilines is 1. The molecule has 0 heterocycles. The van der Waals surface area contributed by atoms with Gasteiger partial charge in [0.15, 0.2) is 0 Å². The normalized spacial score (nSPS) is 9.20. The number of benzene rings is 1. The van der Waals surface area contributed by atoms with Gasteiger partial charge in [-0.15, -0.1) is 13.2 Å². The minimum atomic E-state index is -0.316. The number of hydrogen-bond donors (Lipinski definition) is 1. The lowest BCUT2D eigenvalue weighted by atomic mass is 10.3. The van der Waals surface area contributed by atoms with Gasteiger partial charge in [0.2, 0.25) is 5.91 Å². The smallest absolute Gasteiger partial charge is 0.248 e. The van der Waals surface area contributed by atoms with Crippen LogP contribution in [0, 0.1) is 5.82 Å². The van der Waals surface area contributed by atoms with Crippen molar-refractivity contribution in [1.82, 2.24) is 0 Å². The first-order chi connectivity index (χ1) is 7.22. The van der Waals surface area contributed by atoms with E-state index in [1.165, 1.54) is 30.3 Å². The lowest BCUT2D eigenvalue weighted by Crippen LogP contribution is -2.07. The molecule has 0 bridgehead atoms. The summed E-state index contributed by atoms with van der Waals surface area (Å²) in [5.74, 6) is -0.529. The zero-order valence-electron chi connectivity index (χ0n) is 8.66. The summed E-state index contributed by atoms with van der Waals surface area (Å²) in [6.07, 6.45) is 3.04. The predicted molar refractivity (Wildman–Crippen MR) is 61.1 cm³/mol. The zero-order chi connectivity index (χ0) is 11.7. The van der Waals surface area contributed by atoms with Crippen molar-refractivity contribution in [3.63, 3.8) is 0 Å². The quantitative estimate of drug-likeness (QED) is 0.585. The zero-order valence-corrected chi connectivity index (χ0v) is 8.66. The number of rotatable bonds is 2. The molecule has 0 saturated heterocycles. The number of hydrogen-bond acceptors (Lipinski definition) is 1. The van der Waals surface area contributed by atoms with Crippen LogP contribution in [0.25, 0.3) is 0 Å². The van der Waals surface area contributed by atoms with E-state index < -0.39 is 0 Å². The lowest BCUT2D eigenvalue weighted by molar-refractivity contribution is -0.111. The third-order valence-corrected chi connectivity index (χ3v) is 1.43. The van der Waals surface area contributed by atoms with Crippen LogP contribution in [-0.2, 0) is 4.79 Å². The van der Waals surface area contributed by atoms with E-state index in [-0.39, 0.29) is 11.7 Å². The highest BCUT2D eigenvalue weighted by atomic mass is 19.1. The van der Waals surface area contributed by atoms with Crippen molar-refractivity contribution in [2.45, 2.75) is 6.92 Å². The Kier molecular flexibility index (Phi) is 6.55. The molecular formula is C12H14FNO. The Bertz CT molecular complexity index is 330. The lowest BCUT2D eigenvalue weighted by Gasteiger charge is -2.00. The Morgan fingerprint density at radius 3 is 2.33 bits per heavy atom. The maximum absolute atomic E-state index is 12.4. The number of nitrogens with one attached hydrogen (secondary N) is 1. The molecule has 80 valence electrons. The van der Waals surface area contributed by atoms with Crippen molar-refractivity contribution in [3.05, 3.63) is 55.4 Å². The molecule has 1 aromatic rings. The minimum absolute atomic E-state index is 0.214. The Morgan fingerprint density at radius 1 is 1.33 bits per heavy atom. The number of carbonyl (C=O) groups excluding carboxylic acids is 1. The summed E-state index contributed by atoms with van der Waals surface area (Å²) in [4.78, 5) is 11.0. The van der Waals surface area contributed by atoms with Crippen molar-refractivity contribution in [2.75, 3.05) is 5.32 Å². The molecule has 1 rings (SSSR count). The molecule has 3 heteroatoms. The highest BCUT2D eigenvalue weighted by molar-refractivity contribution is 5.99. The number of carbonyl (C=O) groups is 1. The summed E-state index contributed by atoms with van der Waals surface area (Å²) in [5.41, 5.74) is 0.588. The summed E-state index contributed by atoms with van der Waals surface area (Å²) in [7, 11) is 0. The molecule has 0 aliphatic carbocycles. The fraction of sp³-hybridized carbons (Fsp3) is 0.0833. The van der Waals surface area contributed by atoms with Crippen LogP contribution in [0.5, 0.6) is 0 Å². The van der Waals surface area contributed by atoms with E-state index in [0.29, 0.717) is 5.69 Å². The van der Waals surface area contributed by atoms with Crippen molar-refractivity contribution in [2.24, 2.45) is 0 Å². The van der Waals surface area contributed by atoms with Gasteiger partial charge in [0.1, 0.15) is 5.82 Å². The molecule has 15 heavy (non-hydrogen) atoms. The molecule has 1 N–H and O–H groups in total. The third kappa shape index (κ3) is 5.41. The molecule has 1 aromatic carbocycles. The third-order valence-electron chi connectivity index (χ3n) is 1.43. The first-order valence-electron chi connectivity index (χ1n) is 4.41. The Hall–Kier alpha value is -1.90. The summed E-state index contributed by atoms with van der Waals surface area (Å²) in [5, 5.41) is 2.58. The molecule has 0 saturated carbocycles. The maximum atomic E-state index is 12.4. The van der Waals surface area contributed by atoms with Gasteiger partial charge >= 0.3 is 0 Å². The van der Waals surface area contributed by atoms with Gasteiger partial charge in [-0.25, -0.2) is 4.39 Å². The Balaban J connectivity index is 0.000000921. The fourth-order valence-corrected chi connectivity index (χ4v) is 0.869. The van der Waals surface area contributed by atoms with Gasteiger partial charge < -0.3 is 5.32 Å². The van der Waals surface area contributed by atoms with Gasteiger partial charge in [-0.3, -0.25) is 4.79 Å². The first-order valence-corrected chi connectivity index (χ1v) is 4.41. The van der Waals surface area contributed by atoms with Crippen LogP contribution < -0.4 is 5.32 Å². The van der Waals surface area contributed by atoms with E-state index in [1.807, 2.05) is 0 Å². The van der Waals surface area contributed by atoms with Gasteiger partial charge in [-0.1, -0.05) is 6.08 Å². The maximum Gasteiger partial charge on any atom is 0.248 e. The van der Waals surface area contributed by atoms with E-state index in [1.54, 1.807) is 13.0 Å². The second kappa shape index (κ2) is 7.50. The molecule has 2 nitrogen and oxygen atoms in total. The van der Waals surface area contributed by atoms with E-state index in [9.17, 15) is 9.18 Å². The Labute approximate surface area is 89.1 Å². The van der Waals surface area contributed by atoms with E-state index in [0.717, 1.165) is 0 Å².